The van der Waals surface area contributed by atoms with Crippen LogP contribution in [0.2, 0.25) is 0 Å². The molecular weight excluding hydrogens is 268 g/mol. The number of H-pyrrole nitrogens is 1. The predicted molar refractivity (Wildman–Crippen MR) is 85.6 cm³/mol. The molecule has 0 atom stereocenters. The lowest BCUT2D eigenvalue weighted by Gasteiger charge is -2.21. The highest BCUT2D eigenvalue weighted by atomic mass is 16.2. The van der Waals surface area contributed by atoms with Gasteiger partial charge in [-0.1, -0.05) is 27.2 Å². The summed E-state index contributed by atoms with van der Waals surface area (Å²) >= 11 is 0. The van der Waals surface area contributed by atoms with Crippen LogP contribution in [0.25, 0.3) is 0 Å². The minimum absolute atomic E-state index is 0.247. The molecule has 1 heterocycles. The maximum Gasteiger partial charge on any atom is 0.330 e. The van der Waals surface area contributed by atoms with Crippen molar-refractivity contribution in [2.24, 2.45) is 11.3 Å². The van der Waals surface area contributed by atoms with Gasteiger partial charge in [-0.25, -0.2) is 4.79 Å². The second-order valence-electron chi connectivity index (χ2n) is 6.40. The van der Waals surface area contributed by atoms with Gasteiger partial charge in [0, 0.05) is 13.1 Å². The molecule has 0 unspecified atom stereocenters. The Morgan fingerprint density at radius 2 is 2.05 bits per heavy atom. The van der Waals surface area contributed by atoms with E-state index in [1.165, 1.54) is 17.4 Å². The average molecular weight is 294 g/mol. The molecule has 1 fully saturated rings. The number of hydrogen-bond donors (Lipinski definition) is 3. The number of unbranched alkanes of at least 4 members (excludes halogenated alkanes) is 1. The van der Waals surface area contributed by atoms with Gasteiger partial charge in [0.2, 0.25) is 0 Å². The van der Waals surface area contributed by atoms with Crippen LogP contribution in [0.1, 0.15) is 46.5 Å². The summed E-state index contributed by atoms with van der Waals surface area (Å²) in [5, 5.41) is 3.18. The molecule has 0 saturated heterocycles. The molecule has 0 amide bonds. The monoisotopic (exact) mass is 294 g/mol. The highest BCUT2D eigenvalue weighted by Gasteiger charge is 2.45. The molecular formula is C15H26N4O2. The zero-order valence-electron chi connectivity index (χ0n) is 13.2. The zero-order chi connectivity index (χ0) is 15.6. The molecule has 118 valence electrons. The fourth-order valence-corrected chi connectivity index (χ4v) is 2.68. The summed E-state index contributed by atoms with van der Waals surface area (Å²) in [5.74, 6) is 0.813. The van der Waals surface area contributed by atoms with Crippen molar-refractivity contribution in [2.75, 3.05) is 17.6 Å². The van der Waals surface area contributed by atoms with Crippen molar-refractivity contribution in [1.82, 2.24) is 9.55 Å². The summed E-state index contributed by atoms with van der Waals surface area (Å²) in [7, 11) is 0. The SMILES string of the molecule is CCCCn1c(N)c(NCC2(C(C)C)CC2)c(=O)[nH]c1=O. The first-order valence-corrected chi connectivity index (χ1v) is 7.78. The Morgan fingerprint density at radius 1 is 1.38 bits per heavy atom. The van der Waals surface area contributed by atoms with Crippen molar-refractivity contribution in [3.63, 3.8) is 0 Å². The van der Waals surface area contributed by atoms with E-state index >= 15 is 0 Å². The van der Waals surface area contributed by atoms with Crippen LogP contribution in [0, 0.1) is 11.3 Å². The van der Waals surface area contributed by atoms with E-state index in [1.54, 1.807) is 0 Å². The largest absolute Gasteiger partial charge is 0.383 e. The molecule has 1 aromatic heterocycles. The third kappa shape index (κ3) is 3.14. The van der Waals surface area contributed by atoms with E-state index < -0.39 is 11.2 Å². The summed E-state index contributed by atoms with van der Waals surface area (Å²) < 4.78 is 1.45. The lowest BCUT2D eigenvalue weighted by atomic mass is 9.92. The Hall–Kier alpha value is -1.72. The Labute approximate surface area is 124 Å². The van der Waals surface area contributed by atoms with Gasteiger partial charge in [-0.2, -0.15) is 0 Å². The van der Waals surface area contributed by atoms with Gasteiger partial charge >= 0.3 is 5.69 Å². The van der Waals surface area contributed by atoms with Gasteiger partial charge in [-0.3, -0.25) is 14.3 Å². The summed E-state index contributed by atoms with van der Waals surface area (Å²) in [4.78, 5) is 26.2. The zero-order valence-corrected chi connectivity index (χ0v) is 13.2. The first kappa shape index (κ1) is 15.7. The van der Waals surface area contributed by atoms with Gasteiger partial charge in [0.05, 0.1) is 0 Å². The van der Waals surface area contributed by atoms with Crippen LogP contribution < -0.4 is 22.3 Å². The first-order valence-electron chi connectivity index (χ1n) is 7.78. The Bertz CT molecular complexity index is 611. The molecule has 6 heteroatoms. The number of nitrogen functional groups attached to an aromatic ring is 1. The predicted octanol–water partition coefficient (Wildman–Crippen LogP) is 1.77. The highest BCUT2D eigenvalue weighted by Crippen LogP contribution is 2.51. The normalized spacial score (nSPS) is 16.2. The van der Waals surface area contributed by atoms with Crippen LogP contribution in [-0.2, 0) is 6.54 Å². The number of anilines is 2. The molecule has 0 spiro atoms. The van der Waals surface area contributed by atoms with E-state index in [1.807, 2.05) is 6.92 Å². The molecule has 1 aliphatic rings. The molecule has 2 rings (SSSR count). The van der Waals surface area contributed by atoms with Gasteiger partial charge in [-0.15, -0.1) is 0 Å². The summed E-state index contributed by atoms with van der Waals surface area (Å²) in [6.45, 7) is 7.70. The minimum atomic E-state index is -0.429. The molecule has 0 aliphatic heterocycles. The summed E-state index contributed by atoms with van der Waals surface area (Å²) in [6.07, 6.45) is 4.16. The molecule has 21 heavy (non-hydrogen) atoms. The molecule has 1 aromatic rings. The Balaban J connectivity index is 2.23. The third-order valence-corrected chi connectivity index (χ3v) is 4.71. The van der Waals surface area contributed by atoms with Crippen LogP contribution in [0.15, 0.2) is 9.59 Å². The fraction of sp³-hybridized carbons (Fsp3) is 0.733. The average Bonchev–Trinajstić information content (AvgIpc) is 3.19. The van der Waals surface area contributed by atoms with Crippen LogP contribution in [0.3, 0.4) is 0 Å². The van der Waals surface area contributed by atoms with Crippen molar-refractivity contribution in [3.8, 4) is 0 Å². The van der Waals surface area contributed by atoms with Crippen LogP contribution in [-0.4, -0.2) is 16.1 Å². The van der Waals surface area contributed by atoms with E-state index in [0.29, 0.717) is 18.2 Å². The van der Waals surface area contributed by atoms with Crippen molar-refractivity contribution in [2.45, 2.75) is 53.0 Å². The van der Waals surface area contributed by atoms with Gasteiger partial charge in [-0.05, 0) is 30.6 Å². The number of nitrogens with two attached hydrogens (primary N) is 1. The molecule has 1 aliphatic carbocycles. The standard InChI is InChI=1S/C15H26N4O2/c1-4-5-8-19-12(16)11(13(20)18-14(19)21)17-9-15(6-7-15)10(2)3/h10,17H,4-9,16H2,1-3H3,(H,18,20,21). The number of rotatable bonds is 7. The number of nitrogens with one attached hydrogen (secondary N) is 2. The van der Waals surface area contributed by atoms with E-state index in [4.69, 9.17) is 5.73 Å². The van der Waals surface area contributed by atoms with Crippen LogP contribution in [0.4, 0.5) is 11.5 Å². The van der Waals surface area contributed by atoms with Crippen LogP contribution >= 0.6 is 0 Å². The molecule has 1 saturated carbocycles. The van der Waals surface area contributed by atoms with Crippen molar-refractivity contribution >= 4 is 11.5 Å². The van der Waals surface area contributed by atoms with Gasteiger partial charge < -0.3 is 11.1 Å². The smallest absolute Gasteiger partial charge is 0.330 e. The third-order valence-electron chi connectivity index (χ3n) is 4.71. The molecule has 4 N–H and O–H groups in total. The second-order valence-corrected chi connectivity index (χ2v) is 6.40. The van der Waals surface area contributed by atoms with E-state index in [-0.39, 0.29) is 11.2 Å². The second kappa shape index (κ2) is 5.95. The quantitative estimate of drug-likeness (QED) is 0.714. The van der Waals surface area contributed by atoms with Gasteiger partial charge in [0.25, 0.3) is 5.56 Å². The minimum Gasteiger partial charge on any atom is -0.383 e. The molecule has 0 bridgehead atoms. The van der Waals surface area contributed by atoms with Gasteiger partial charge in [0.1, 0.15) is 11.5 Å². The van der Waals surface area contributed by atoms with Crippen LogP contribution in [0.5, 0.6) is 0 Å². The van der Waals surface area contributed by atoms with Gasteiger partial charge in [0.15, 0.2) is 0 Å². The lowest BCUT2D eigenvalue weighted by molar-refractivity contribution is 0.380. The van der Waals surface area contributed by atoms with Crippen molar-refractivity contribution in [3.05, 3.63) is 20.8 Å². The fourth-order valence-electron chi connectivity index (χ4n) is 2.68. The van der Waals surface area contributed by atoms with Crippen molar-refractivity contribution in [1.29, 1.82) is 0 Å². The summed E-state index contributed by atoms with van der Waals surface area (Å²) in [6, 6.07) is 0. The Kier molecular flexibility index (Phi) is 4.44. The molecule has 0 radical (unpaired) electrons. The van der Waals surface area contributed by atoms with E-state index in [0.717, 1.165) is 19.4 Å². The maximum absolute atomic E-state index is 12.0. The lowest BCUT2D eigenvalue weighted by Crippen LogP contribution is -2.35. The first-order chi connectivity index (χ1) is 9.91. The molecule has 6 nitrogen and oxygen atoms in total. The number of nitrogens with zero attached hydrogens (tertiary/aromatic N) is 1. The number of aromatic amines is 1. The number of aromatic nitrogens is 2. The molecule has 0 aromatic carbocycles. The van der Waals surface area contributed by atoms with E-state index in [9.17, 15) is 9.59 Å². The summed E-state index contributed by atoms with van der Waals surface area (Å²) in [5.41, 5.74) is 5.78. The number of hydrogen-bond acceptors (Lipinski definition) is 4. The van der Waals surface area contributed by atoms with E-state index in [2.05, 4.69) is 24.1 Å². The topological polar surface area (TPSA) is 92.9 Å². The Morgan fingerprint density at radius 3 is 2.57 bits per heavy atom. The maximum atomic E-state index is 12.0. The highest BCUT2D eigenvalue weighted by molar-refractivity contribution is 5.60. The van der Waals surface area contributed by atoms with Crippen molar-refractivity contribution < 1.29 is 0 Å².